The molecule has 2 heterocycles. The zero-order valence-corrected chi connectivity index (χ0v) is 17.8. The van der Waals surface area contributed by atoms with Crippen LogP contribution in [0.15, 0.2) is 47.5 Å². The monoisotopic (exact) mass is 409 g/mol. The Morgan fingerprint density at radius 2 is 2.07 bits per heavy atom. The SMILES string of the molecule is Cc1cc(F)ccc1Oc1ccc2ncn(C[C@H]3CCCN(C(C)C)C3)c(=O)c2c1. The van der Waals surface area contributed by atoms with Crippen molar-refractivity contribution in [2.24, 2.45) is 5.92 Å². The lowest BCUT2D eigenvalue weighted by Crippen LogP contribution is -2.42. The molecule has 1 aliphatic heterocycles. The maximum atomic E-state index is 13.3. The van der Waals surface area contributed by atoms with E-state index >= 15 is 0 Å². The molecule has 1 aliphatic rings. The summed E-state index contributed by atoms with van der Waals surface area (Å²) in [4.78, 5) is 20.1. The second-order valence-electron chi connectivity index (χ2n) is 8.49. The smallest absolute Gasteiger partial charge is 0.261 e. The Morgan fingerprint density at radius 3 is 2.83 bits per heavy atom. The largest absolute Gasteiger partial charge is 0.457 e. The standard InChI is InChI=1S/C24H28FN3O2/c1-16(2)27-10-4-5-18(13-27)14-28-15-26-22-8-7-20(12-21(22)24(28)29)30-23-9-6-19(25)11-17(23)3/h6-9,11-12,15-16,18H,4-5,10,13-14H2,1-3H3/t18-/m0/s1. The number of fused-ring (bicyclic) bond motifs is 1. The van der Waals surface area contributed by atoms with Gasteiger partial charge in [0.15, 0.2) is 0 Å². The molecule has 1 aromatic heterocycles. The number of hydrogen-bond acceptors (Lipinski definition) is 4. The van der Waals surface area contributed by atoms with E-state index in [4.69, 9.17) is 4.74 Å². The van der Waals surface area contributed by atoms with E-state index < -0.39 is 0 Å². The average molecular weight is 410 g/mol. The van der Waals surface area contributed by atoms with Gasteiger partial charge in [0.05, 0.1) is 17.2 Å². The minimum absolute atomic E-state index is 0.0528. The molecule has 5 nitrogen and oxygen atoms in total. The fourth-order valence-corrected chi connectivity index (χ4v) is 4.18. The van der Waals surface area contributed by atoms with Crippen LogP contribution in [-0.4, -0.2) is 33.6 Å². The topological polar surface area (TPSA) is 47.4 Å². The van der Waals surface area contributed by atoms with Crippen LogP contribution in [0.4, 0.5) is 4.39 Å². The summed E-state index contributed by atoms with van der Waals surface area (Å²) in [5, 5.41) is 0.534. The van der Waals surface area contributed by atoms with Crippen molar-refractivity contribution in [3.63, 3.8) is 0 Å². The molecule has 0 unspecified atom stereocenters. The second-order valence-corrected chi connectivity index (χ2v) is 8.49. The molecule has 0 radical (unpaired) electrons. The van der Waals surface area contributed by atoms with Gasteiger partial charge < -0.3 is 9.64 Å². The molecule has 6 heteroatoms. The molecule has 2 aromatic carbocycles. The van der Waals surface area contributed by atoms with Crippen LogP contribution in [0.3, 0.4) is 0 Å². The van der Waals surface area contributed by atoms with Crippen molar-refractivity contribution in [3.8, 4) is 11.5 Å². The first-order chi connectivity index (χ1) is 14.4. The first-order valence-corrected chi connectivity index (χ1v) is 10.6. The quantitative estimate of drug-likeness (QED) is 0.610. The van der Waals surface area contributed by atoms with Gasteiger partial charge in [0.1, 0.15) is 17.3 Å². The number of hydrogen-bond donors (Lipinski definition) is 0. The van der Waals surface area contributed by atoms with E-state index in [0.717, 1.165) is 25.9 Å². The first-order valence-electron chi connectivity index (χ1n) is 10.6. The minimum Gasteiger partial charge on any atom is -0.457 e. The van der Waals surface area contributed by atoms with Crippen molar-refractivity contribution in [2.45, 2.75) is 46.2 Å². The predicted molar refractivity (Wildman–Crippen MR) is 117 cm³/mol. The van der Waals surface area contributed by atoms with E-state index in [9.17, 15) is 9.18 Å². The van der Waals surface area contributed by atoms with Gasteiger partial charge in [0.2, 0.25) is 0 Å². The predicted octanol–water partition coefficient (Wildman–Crippen LogP) is 4.76. The molecule has 1 saturated heterocycles. The van der Waals surface area contributed by atoms with Crippen LogP contribution in [0.25, 0.3) is 10.9 Å². The molecule has 0 N–H and O–H groups in total. The fraction of sp³-hybridized carbons (Fsp3) is 0.417. The number of nitrogens with zero attached hydrogens (tertiary/aromatic N) is 3. The number of halogens is 1. The van der Waals surface area contributed by atoms with Gasteiger partial charge in [-0.05, 0) is 88.0 Å². The maximum absolute atomic E-state index is 13.3. The normalized spacial score (nSPS) is 17.6. The zero-order chi connectivity index (χ0) is 21.3. The number of rotatable bonds is 5. The van der Waals surface area contributed by atoms with Crippen molar-refractivity contribution >= 4 is 10.9 Å². The molecule has 0 saturated carbocycles. The third-order valence-electron chi connectivity index (χ3n) is 5.90. The van der Waals surface area contributed by atoms with Gasteiger partial charge >= 0.3 is 0 Å². The maximum Gasteiger partial charge on any atom is 0.261 e. The summed E-state index contributed by atoms with van der Waals surface area (Å²) in [6.07, 6.45) is 3.94. The molecule has 0 bridgehead atoms. The fourth-order valence-electron chi connectivity index (χ4n) is 4.18. The van der Waals surface area contributed by atoms with Crippen LogP contribution in [-0.2, 0) is 6.54 Å². The molecule has 1 atom stereocenters. The third kappa shape index (κ3) is 4.38. The Kier molecular flexibility index (Phi) is 5.86. The number of aromatic nitrogens is 2. The highest BCUT2D eigenvalue weighted by molar-refractivity contribution is 5.79. The summed E-state index contributed by atoms with van der Waals surface area (Å²) < 4.78 is 21.0. The summed E-state index contributed by atoms with van der Waals surface area (Å²) >= 11 is 0. The Hall–Kier alpha value is -2.73. The number of ether oxygens (including phenoxy) is 1. The van der Waals surface area contributed by atoms with Crippen LogP contribution < -0.4 is 10.3 Å². The molecule has 3 aromatic rings. The highest BCUT2D eigenvalue weighted by Gasteiger charge is 2.22. The van der Waals surface area contributed by atoms with Crippen molar-refractivity contribution in [1.29, 1.82) is 0 Å². The number of benzene rings is 2. The second kappa shape index (κ2) is 8.56. The minimum atomic E-state index is -0.302. The average Bonchev–Trinajstić information content (AvgIpc) is 2.73. The molecular weight excluding hydrogens is 381 g/mol. The van der Waals surface area contributed by atoms with E-state index in [1.165, 1.54) is 12.1 Å². The number of piperidine rings is 1. The summed E-state index contributed by atoms with van der Waals surface area (Å²) in [6.45, 7) is 9.04. The van der Waals surface area contributed by atoms with Crippen LogP contribution in [0.5, 0.6) is 11.5 Å². The van der Waals surface area contributed by atoms with E-state index in [-0.39, 0.29) is 11.4 Å². The summed E-state index contributed by atoms with van der Waals surface area (Å²) in [7, 11) is 0. The summed E-state index contributed by atoms with van der Waals surface area (Å²) in [5.41, 5.74) is 1.29. The molecule has 1 fully saturated rings. The van der Waals surface area contributed by atoms with Gasteiger partial charge in [-0.1, -0.05) is 0 Å². The lowest BCUT2D eigenvalue weighted by molar-refractivity contribution is 0.130. The van der Waals surface area contributed by atoms with Gasteiger partial charge in [-0.2, -0.15) is 0 Å². The number of likely N-dealkylation sites (tertiary alicyclic amines) is 1. The zero-order valence-electron chi connectivity index (χ0n) is 17.8. The van der Waals surface area contributed by atoms with E-state index in [2.05, 4.69) is 23.7 Å². The molecule has 158 valence electrons. The van der Waals surface area contributed by atoms with Crippen LogP contribution in [0, 0.1) is 18.7 Å². The Morgan fingerprint density at radius 1 is 1.23 bits per heavy atom. The Bertz CT molecular complexity index is 1110. The first kappa shape index (κ1) is 20.5. The lowest BCUT2D eigenvalue weighted by atomic mass is 9.97. The van der Waals surface area contributed by atoms with Crippen molar-refractivity contribution < 1.29 is 9.13 Å². The Labute approximate surface area is 176 Å². The highest BCUT2D eigenvalue weighted by atomic mass is 19.1. The van der Waals surface area contributed by atoms with E-state index in [0.29, 0.717) is 46.5 Å². The third-order valence-corrected chi connectivity index (χ3v) is 5.90. The van der Waals surface area contributed by atoms with Crippen LogP contribution in [0.1, 0.15) is 32.3 Å². The highest BCUT2D eigenvalue weighted by Crippen LogP contribution is 2.27. The van der Waals surface area contributed by atoms with Crippen molar-refractivity contribution in [1.82, 2.24) is 14.5 Å². The molecule has 0 spiro atoms. The molecule has 4 rings (SSSR count). The van der Waals surface area contributed by atoms with Gasteiger partial charge in [-0.25, -0.2) is 9.37 Å². The summed E-state index contributed by atoms with van der Waals surface area (Å²) in [6, 6.07) is 10.2. The van der Waals surface area contributed by atoms with Gasteiger partial charge in [-0.3, -0.25) is 9.36 Å². The molecule has 0 amide bonds. The van der Waals surface area contributed by atoms with Crippen LogP contribution >= 0.6 is 0 Å². The van der Waals surface area contributed by atoms with E-state index in [1.54, 1.807) is 42.1 Å². The summed E-state index contributed by atoms with van der Waals surface area (Å²) in [5.74, 6) is 1.25. The van der Waals surface area contributed by atoms with Gasteiger partial charge in [0, 0.05) is 19.1 Å². The van der Waals surface area contributed by atoms with Crippen LogP contribution in [0.2, 0.25) is 0 Å². The van der Waals surface area contributed by atoms with Crippen molar-refractivity contribution in [3.05, 3.63) is 64.5 Å². The lowest BCUT2D eigenvalue weighted by Gasteiger charge is -2.35. The molecular formula is C24H28FN3O2. The van der Waals surface area contributed by atoms with E-state index in [1.807, 2.05) is 0 Å². The van der Waals surface area contributed by atoms with Crippen molar-refractivity contribution in [2.75, 3.05) is 13.1 Å². The van der Waals surface area contributed by atoms with Gasteiger partial charge in [0.25, 0.3) is 5.56 Å². The molecule has 0 aliphatic carbocycles. The number of aryl methyl sites for hydroxylation is 1. The Balaban J connectivity index is 1.59. The van der Waals surface area contributed by atoms with Gasteiger partial charge in [-0.15, -0.1) is 0 Å². The molecule has 30 heavy (non-hydrogen) atoms.